The number of benzene rings is 3. The molecule has 3 aromatic carbocycles. The van der Waals surface area contributed by atoms with E-state index in [9.17, 15) is 23.9 Å². The van der Waals surface area contributed by atoms with Crippen molar-refractivity contribution in [2.45, 2.75) is 44.4 Å². The minimum atomic E-state index is -0.853. The Morgan fingerprint density at radius 3 is 2.40 bits per heavy atom. The molecule has 1 aliphatic carbocycles. The van der Waals surface area contributed by atoms with Crippen LogP contribution in [0, 0.1) is 5.82 Å². The van der Waals surface area contributed by atoms with E-state index in [0.29, 0.717) is 36.9 Å². The highest BCUT2D eigenvalue weighted by Gasteiger charge is 2.22. The number of nitrogens with two attached hydrogens (primary N) is 1. The Kier molecular flexibility index (Phi) is 9.20. The maximum atomic E-state index is 13.3. The van der Waals surface area contributed by atoms with E-state index in [4.69, 9.17) is 10.5 Å². The largest absolute Gasteiger partial charge is 0.494 e. The van der Waals surface area contributed by atoms with E-state index in [1.165, 1.54) is 59.4 Å². The molecule has 0 saturated heterocycles. The number of rotatable bonds is 12. The van der Waals surface area contributed by atoms with Crippen molar-refractivity contribution in [3.05, 3.63) is 117 Å². The molecule has 1 saturated carbocycles. The average molecular weight is 584 g/mol. The van der Waals surface area contributed by atoms with Crippen LogP contribution >= 0.6 is 0 Å². The molecule has 4 N–H and O–H groups in total. The van der Waals surface area contributed by atoms with Gasteiger partial charge in [0, 0.05) is 23.9 Å². The monoisotopic (exact) mass is 583 g/mol. The van der Waals surface area contributed by atoms with Gasteiger partial charge in [-0.1, -0.05) is 31.0 Å². The summed E-state index contributed by atoms with van der Waals surface area (Å²) in [5.74, 6) is -0.681. The molecule has 0 unspecified atom stereocenters. The predicted octanol–water partition coefficient (Wildman–Crippen LogP) is 5.96. The standard InChI is InChI=1S/C34H34FN3O5/c35-25-11-9-23(10-12-25)33(42)29-17-18-30(39)38(34(29)36)26-13-15-27(16-14-26)43-20-4-19-37-32-24(21-31(40)41)7-3-8-28(32)22-5-1-2-6-22/h3,7-18,22,37H,1-2,4-6,19-21,36H2,(H,40,41). The number of nitrogens with one attached hydrogen (secondary N) is 1. The number of carbonyl (C=O) groups is 2. The number of hydrogen-bond donors (Lipinski definition) is 3. The molecule has 0 atom stereocenters. The lowest BCUT2D eigenvalue weighted by molar-refractivity contribution is -0.136. The normalized spacial score (nSPS) is 13.1. The van der Waals surface area contributed by atoms with Crippen molar-refractivity contribution >= 4 is 23.3 Å². The molecule has 222 valence electrons. The summed E-state index contributed by atoms with van der Waals surface area (Å²) < 4.78 is 20.5. The summed E-state index contributed by atoms with van der Waals surface area (Å²) in [4.78, 5) is 37.1. The fraction of sp³-hybridized carbons (Fsp3) is 0.265. The molecule has 1 aliphatic rings. The Morgan fingerprint density at radius 2 is 1.70 bits per heavy atom. The summed E-state index contributed by atoms with van der Waals surface area (Å²) in [6.07, 6.45) is 5.30. The first-order valence-electron chi connectivity index (χ1n) is 14.4. The first-order valence-corrected chi connectivity index (χ1v) is 14.4. The van der Waals surface area contributed by atoms with Gasteiger partial charge in [-0.25, -0.2) is 4.39 Å². The second-order valence-corrected chi connectivity index (χ2v) is 10.7. The van der Waals surface area contributed by atoms with Gasteiger partial charge < -0.3 is 20.9 Å². The van der Waals surface area contributed by atoms with E-state index in [0.717, 1.165) is 24.1 Å². The van der Waals surface area contributed by atoms with Gasteiger partial charge in [0.05, 0.1) is 24.3 Å². The molecule has 4 aromatic rings. The lowest BCUT2D eigenvalue weighted by Gasteiger charge is -2.20. The Hall–Kier alpha value is -4.92. The zero-order valence-corrected chi connectivity index (χ0v) is 23.7. The quantitative estimate of drug-likeness (QED) is 0.139. The molecule has 1 heterocycles. The minimum Gasteiger partial charge on any atom is -0.494 e. The van der Waals surface area contributed by atoms with Crippen LogP contribution in [-0.4, -0.2) is 34.6 Å². The molecule has 43 heavy (non-hydrogen) atoms. The van der Waals surface area contributed by atoms with E-state index in [1.807, 2.05) is 12.1 Å². The smallest absolute Gasteiger partial charge is 0.307 e. The van der Waals surface area contributed by atoms with Gasteiger partial charge >= 0.3 is 5.97 Å². The van der Waals surface area contributed by atoms with Crippen molar-refractivity contribution in [3.8, 4) is 11.4 Å². The van der Waals surface area contributed by atoms with Crippen LogP contribution in [0.25, 0.3) is 5.69 Å². The van der Waals surface area contributed by atoms with Gasteiger partial charge in [0.1, 0.15) is 17.4 Å². The van der Waals surface area contributed by atoms with Crippen LogP contribution in [0.2, 0.25) is 0 Å². The fourth-order valence-electron chi connectivity index (χ4n) is 5.66. The zero-order chi connectivity index (χ0) is 30.3. The number of nitrogens with zero attached hydrogens (tertiary/aromatic N) is 1. The molecule has 1 fully saturated rings. The van der Waals surface area contributed by atoms with Gasteiger partial charge in [-0.2, -0.15) is 0 Å². The molecule has 1 aromatic heterocycles. The molecule has 0 radical (unpaired) electrons. The van der Waals surface area contributed by atoms with Crippen LogP contribution in [-0.2, 0) is 11.2 Å². The molecule has 8 nitrogen and oxygen atoms in total. The van der Waals surface area contributed by atoms with Crippen molar-refractivity contribution < 1.29 is 23.8 Å². The summed E-state index contributed by atoms with van der Waals surface area (Å²) >= 11 is 0. The van der Waals surface area contributed by atoms with Crippen molar-refractivity contribution in [1.82, 2.24) is 4.57 Å². The van der Waals surface area contributed by atoms with Crippen LogP contribution in [0.3, 0.4) is 0 Å². The lowest BCUT2D eigenvalue weighted by atomic mass is 9.92. The molecule has 9 heteroatoms. The third-order valence-corrected chi connectivity index (χ3v) is 7.79. The van der Waals surface area contributed by atoms with Crippen molar-refractivity contribution in [2.75, 3.05) is 24.2 Å². The molecule has 5 rings (SSSR count). The highest BCUT2D eigenvalue weighted by atomic mass is 19.1. The molecule has 0 spiro atoms. The van der Waals surface area contributed by atoms with E-state index in [2.05, 4.69) is 11.4 Å². The summed E-state index contributed by atoms with van der Waals surface area (Å²) in [6.45, 7) is 1.05. The van der Waals surface area contributed by atoms with Crippen molar-refractivity contribution in [3.63, 3.8) is 0 Å². The highest BCUT2D eigenvalue weighted by Crippen LogP contribution is 2.39. The number of nitrogen functional groups attached to an aromatic ring is 1. The second kappa shape index (κ2) is 13.4. The number of hydrogen-bond acceptors (Lipinski definition) is 6. The van der Waals surface area contributed by atoms with E-state index >= 15 is 0 Å². The molecule has 0 bridgehead atoms. The number of aromatic nitrogens is 1. The van der Waals surface area contributed by atoms with E-state index < -0.39 is 23.1 Å². The van der Waals surface area contributed by atoms with Crippen LogP contribution in [0.4, 0.5) is 15.9 Å². The Balaban J connectivity index is 1.21. The third-order valence-electron chi connectivity index (χ3n) is 7.79. The highest BCUT2D eigenvalue weighted by molar-refractivity contribution is 6.11. The van der Waals surface area contributed by atoms with Gasteiger partial charge in [0.2, 0.25) is 0 Å². The Morgan fingerprint density at radius 1 is 0.977 bits per heavy atom. The Labute approximate surface area is 248 Å². The maximum absolute atomic E-state index is 13.3. The minimum absolute atomic E-state index is 0.0123. The summed E-state index contributed by atoms with van der Waals surface area (Å²) in [6, 6.07) is 20.5. The van der Waals surface area contributed by atoms with Crippen molar-refractivity contribution in [2.24, 2.45) is 0 Å². The number of anilines is 2. The second-order valence-electron chi connectivity index (χ2n) is 10.7. The number of carboxylic acids is 1. The zero-order valence-electron chi connectivity index (χ0n) is 23.7. The number of halogens is 1. The summed E-state index contributed by atoms with van der Waals surface area (Å²) in [7, 11) is 0. The number of para-hydroxylation sites is 1. The predicted molar refractivity (Wildman–Crippen MR) is 164 cm³/mol. The van der Waals surface area contributed by atoms with E-state index in [1.54, 1.807) is 24.3 Å². The van der Waals surface area contributed by atoms with Gasteiger partial charge in [-0.15, -0.1) is 0 Å². The van der Waals surface area contributed by atoms with Gasteiger partial charge in [-0.3, -0.25) is 19.0 Å². The molecular formula is C34H34FN3O5. The van der Waals surface area contributed by atoms with Crippen LogP contribution < -0.4 is 21.3 Å². The number of carbonyl (C=O) groups excluding carboxylic acids is 1. The number of pyridine rings is 1. The summed E-state index contributed by atoms with van der Waals surface area (Å²) in [5, 5.41) is 12.9. The Bertz CT molecular complexity index is 1660. The SMILES string of the molecule is Nc1c(C(=O)c2ccc(F)cc2)ccc(=O)n1-c1ccc(OCCCNc2c(CC(=O)O)cccc2C2CCCC2)cc1. The van der Waals surface area contributed by atoms with Crippen LogP contribution in [0.1, 0.15) is 65.1 Å². The fourth-order valence-corrected chi connectivity index (χ4v) is 5.66. The van der Waals surface area contributed by atoms with Crippen LogP contribution in [0.15, 0.2) is 83.7 Å². The van der Waals surface area contributed by atoms with Gasteiger partial charge in [0.15, 0.2) is 5.78 Å². The van der Waals surface area contributed by atoms with Gasteiger partial charge in [0.25, 0.3) is 5.56 Å². The maximum Gasteiger partial charge on any atom is 0.307 e. The van der Waals surface area contributed by atoms with E-state index in [-0.39, 0.29) is 23.4 Å². The molecular weight excluding hydrogens is 549 g/mol. The third kappa shape index (κ3) is 6.94. The number of ketones is 1. The lowest BCUT2D eigenvalue weighted by Crippen LogP contribution is -2.23. The molecule has 0 aliphatic heterocycles. The summed E-state index contributed by atoms with van der Waals surface area (Å²) in [5.41, 5.74) is 9.68. The molecule has 0 amide bonds. The van der Waals surface area contributed by atoms with Gasteiger partial charge in [-0.05, 0) is 90.9 Å². The number of aliphatic carboxylic acids is 1. The topological polar surface area (TPSA) is 124 Å². The number of carboxylic acid groups (broad SMARTS) is 1. The number of ether oxygens (including phenoxy) is 1. The van der Waals surface area contributed by atoms with Crippen LogP contribution in [0.5, 0.6) is 5.75 Å². The average Bonchev–Trinajstić information content (AvgIpc) is 3.53. The first-order chi connectivity index (χ1) is 20.8. The first kappa shape index (κ1) is 29.6. The van der Waals surface area contributed by atoms with Crippen molar-refractivity contribution in [1.29, 1.82) is 0 Å².